The van der Waals surface area contributed by atoms with Crippen LogP contribution >= 0.6 is 10.8 Å². The quantitative estimate of drug-likeness (QED) is 0.280. The smallest absolute Gasteiger partial charge is 0.719 e. The summed E-state index contributed by atoms with van der Waals surface area (Å²) in [5.41, 5.74) is 0. The van der Waals surface area contributed by atoms with E-state index in [0.717, 1.165) is 12.2 Å². The molecular weight excluding hydrogens is 325 g/mol. The Morgan fingerprint density at radius 1 is 0.923 bits per heavy atom. The van der Waals surface area contributed by atoms with E-state index in [4.69, 9.17) is 11.7 Å². The molecule has 0 rings (SSSR count). The van der Waals surface area contributed by atoms with Gasteiger partial charge in [0.2, 0.25) is 0 Å². The maximum Gasteiger partial charge on any atom is 3.00 e. The van der Waals surface area contributed by atoms with Gasteiger partial charge < -0.3 is 36.8 Å². The van der Waals surface area contributed by atoms with Crippen LogP contribution in [-0.2, 0) is 11.7 Å². The van der Waals surface area contributed by atoms with E-state index >= 15 is 0 Å². The van der Waals surface area contributed by atoms with Crippen molar-refractivity contribution < 1.29 is 41.3 Å². The van der Waals surface area contributed by atoms with Crippen LogP contribution in [0.1, 0.15) is 44.9 Å². The van der Waals surface area contributed by atoms with E-state index in [1.807, 2.05) is 0 Å². The Morgan fingerprint density at radius 2 is 1.38 bits per heavy atom. The second kappa shape index (κ2) is 19.6. The summed E-state index contributed by atoms with van der Waals surface area (Å²) in [6.07, 6.45) is 9.20. The summed E-state index contributed by atoms with van der Waals surface area (Å²) < 4.78 is 0. The fraction of sp³-hybridized carbons (Fsp3) is 0.800. The van der Waals surface area contributed by atoms with Crippen LogP contribution in [-0.4, -0.2) is 5.75 Å². The van der Waals surface area contributed by atoms with Gasteiger partial charge in [-0.15, -0.1) is 0 Å². The van der Waals surface area contributed by atoms with Gasteiger partial charge in [0.1, 0.15) is 0 Å². The molecule has 0 amide bonds. The minimum atomic E-state index is 0. The molecule has 0 saturated heterocycles. The minimum Gasteiger partial charge on any atom is -0.719 e. The topological polar surface area (TPSA) is 0 Å². The largest absolute Gasteiger partial charge is 3.00 e. The van der Waals surface area contributed by atoms with Crippen LogP contribution < -0.4 is 0 Å². The van der Waals surface area contributed by atoms with Gasteiger partial charge in [-0.1, -0.05) is 32.1 Å². The summed E-state index contributed by atoms with van der Waals surface area (Å²) >= 11 is 4.78. The fourth-order valence-corrected chi connectivity index (χ4v) is 1.72. The third-order valence-corrected chi connectivity index (χ3v) is 2.68. The van der Waals surface area contributed by atoms with Gasteiger partial charge in [-0.2, -0.15) is 6.42 Å². The van der Waals surface area contributed by atoms with Gasteiger partial charge in [0.05, 0.1) is 0 Å². The maximum absolute atomic E-state index is 4.78. The summed E-state index contributed by atoms with van der Waals surface area (Å²) in [6, 6.07) is 0. The summed E-state index contributed by atoms with van der Waals surface area (Å²) in [6.45, 7) is 3.82. The second-order valence-electron chi connectivity index (χ2n) is 2.80. The average molecular weight is 346 g/mol. The molecule has 0 aromatic carbocycles. The molecule has 0 nitrogen and oxygen atoms in total. The van der Waals surface area contributed by atoms with Crippen LogP contribution in [0, 0.1) is 55.6 Å². The van der Waals surface area contributed by atoms with Crippen molar-refractivity contribution in [1.29, 1.82) is 0 Å². The Hall–Kier alpha value is 2.06. The zero-order valence-electron chi connectivity index (χ0n) is 8.76. The molecule has 0 aliphatic heterocycles. The van der Waals surface area contributed by atoms with E-state index in [2.05, 4.69) is 6.92 Å². The van der Waals surface area contributed by atoms with Crippen molar-refractivity contribution in [2.24, 2.45) is 0 Å². The molecule has 0 aliphatic rings. The first-order chi connectivity index (χ1) is 5.41. The van der Waals surface area contributed by atoms with Gasteiger partial charge in [-0.05, 0) is 12.2 Å². The van der Waals surface area contributed by atoms with Crippen LogP contribution in [0.4, 0.5) is 0 Å². The summed E-state index contributed by atoms with van der Waals surface area (Å²) in [5, 5.41) is 0. The van der Waals surface area contributed by atoms with Crippen molar-refractivity contribution in [1.82, 2.24) is 0 Å². The number of rotatable bonds is 8. The third kappa shape index (κ3) is 20.2. The molecule has 0 atom stereocenters. The van der Waals surface area contributed by atoms with Crippen molar-refractivity contribution in [3.8, 4) is 0 Å². The molecule has 0 fully saturated rings. The standard InChI is InChI=1S/C9H19S2.CH3.Pr/c1-2-3-4-5-6-7-8-9-11-10;;/h10H,1-9H2;1H3;/q2*-1;+3/p-1. The second-order valence-corrected chi connectivity index (χ2v) is 4.15. The molecule has 0 aromatic heterocycles. The SMILES string of the molecule is [CH2-]CCCCCCCCS[S-].[CH3-].[Pr+3]. The molecule has 0 N–H and O–H groups in total. The van der Waals surface area contributed by atoms with E-state index in [-0.39, 0.29) is 48.7 Å². The van der Waals surface area contributed by atoms with E-state index in [9.17, 15) is 0 Å². The van der Waals surface area contributed by atoms with Gasteiger partial charge >= 0.3 is 41.3 Å². The molecule has 0 unspecified atom stereocenters. The van der Waals surface area contributed by atoms with Gasteiger partial charge in [-0.25, -0.2) is 0 Å². The molecule has 0 bridgehead atoms. The van der Waals surface area contributed by atoms with Crippen molar-refractivity contribution >= 4 is 22.5 Å². The van der Waals surface area contributed by atoms with Gasteiger partial charge in [0.15, 0.2) is 0 Å². The van der Waals surface area contributed by atoms with Gasteiger partial charge in [-0.3, -0.25) is 0 Å². The molecule has 0 aliphatic carbocycles. The van der Waals surface area contributed by atoms with Crippen LogP contribution in [0.3, 0.4) is 0 Å². The molecule has 13 heavy (non-hydrogen) atoms. The molecule has 0 heterocycles. The van der Waals surface area contributed by atoms with E-state index in [0.29, 0.717) is 0 Å². The number of hydrogen-bond acceptors (Lipinski definition) is 2. The van der Waals surface area contributed by atoms with Crippen LogP contribution in [0.15, 0.2) is 0 Å². The predicted molar refractivity (Wildman–Crippen MR) is 63.9 cm³/mol. The number of unbranched alkanes of at least 4 members (excludes halogenated alkanes) is 6. The Labute approximate surface area is 127 Å². The molecule has 0 radical (unpaired) electrons. The first-order valence-corrected chi connectivity index (χ1v) is 6.37. The summed E-state index contributed by atoms with van der Waals surface area (Å²) in [4.78, 5) is 0. The van der Waals surface area contributed by atoms with E-state index < -0.39 is 0 Å². The summed E-state index contributed by atoms with van der Waals surface area (Å²) in [7, 11) is 1.54. The average Bonchev–Trinajstić information content (AvgIpc) is 2.03. The van der Waals surface area contributed by atoms with Crippen molar-refractivity contribution in [2.45, 2.75) is 44.9 Å². The molecule has 0 spiro atoms. The van der Waals surface area contributed by atoms with E-state index in [1.165, 1.54) is 38.5 Å². The normalized spacial score (nSPS) is 8.77. The fourth-order valence-electron chi connectivity index (χ4n) is 1.04. The van der Waals surface area contributed by atoms with Crippen LogP contribution in [0.25, 0.3) is 0 Å². The molecule has 0 aromatic rings. The Kier molecular flexibility index (Phi) is 30.9. The molecule has 76 valence electrons. The van der Waals surface area contributed by atoms with Crippen molar-refractivity contribution in [3.63, 3.8) is 0 Å². The Morgan fingerprint density at radius 3 is 1.85 bits per heavy atom. The Bertz CT molecular complexity index is 61.9. The molecule has 0 saturated carbocycles. The van der Waals surface area contributed by atoms with Crippen molar-refractivity contribution in [2.75, 3.05) is 5.75 Å². The van der Waals surface area contributed by atoms with Crippen LogP contribution in [0.2, 0.25) is 0 Å². The van der Waals surface area contributed by atoms with E-state index in [1.54, 1.807) is 10.8 Å². The molecule has 3 heteroatoms. The first-order valence-electron chi connectivity index (χ1n) is 4.46. The van der Waals surface area contributed by atoms with Gasteiger partial charge in [0.25, 0.3) is 0 Å². The van der Waals surface area contributed by atoms with Crippen LogP contribution in [0.5, 0.6) is 0 Å². The zero-order valence-corrected chi connectivity index (χ0v) is 14.1. The zero-order chi connectivity index (χ0) is 8.36. The third-order valence-electron chi connectivity index (χ3n) is 1.73. The van der Waals surface area contributed by atoms with Crippen molar-refractivity contribution in [3.05, 3.63) is 14.4 Å². The maximum atomic E-state index is 4.78. The summed E-state index contributed by atoms with van der Waals surface area (Å²) in [5.74, 6) is 1.16. The number of hydrogen-bond donors (Lipinski definition) is 0. The Balaban J connectivity index is -0.000000500. The minimum absolute atomic E-state index is 0. The van der Waals surface area contributed by atoms with Gasteiger partial charge in [0, 0.05) is 0 Å². The monoisotopic (exact) mass is 346 g/mol. The molecular formula is C10H21PrS2. The first kappa shape index (κ1) is 20.5. The predicted octanol–water partition coefficient (Wildman–Crippen LogP) is 4.20.